The van der Waals surface area contributed by atoms with Crippen molar-refractivity contribution >= 4 is 34.7 Å². The number of para-hydroxylation sites is 2. The van der Waals surface area contributed by atoms with Crippen LogP contribution >= 0.6 is 0 Å². The van der Waals surface area contributed by atoms with Gasteiger partial charge in [0.25, 0.3) is 5.91 Å². The van der Waals surface area contributed by atoms with Crippen molar-refractivity contribution in [2.24, 2.45) is 0 Å². The van der Waals surface area contributed by atoms with Gasteiger partial charge in [0.05, 0.1) is 18.4 Å². The van der Waals surface area contributed by atoms with Gasteiger partial charge in [-0.1, -0.05) is 36.8 Å². The Balaban J connectivity index is 1.51. The minimum absolute atomic E-state index is 0.0409. The Labute approximate surface area is 225 Å². The maximum Gasteiger partial charge on any atom is 0.323 e. The third-order valence-corrected chi connectivity index (χ3v) is 6.84. The summed E-state index contributed by atoms with van der Waals surface area (Å²) in [4.78, 5) is 30.5. The predicted molar refractivity (Wildman–Crippen MR) is 155 cm³/mol. The summed E-state index contributed by atoms with van der Waals surface area (Å²) in [6.45, 7) is 9.12. The zero-order chi connectivity index (χ0) is 27.1. The molecular weight excluding hydrogens is 478 g/mol. The first-order valence-electron chi connectivity index (χ1n) is 13.1. The van der Waals surface area contributed by atoms with E-state index in [4.69, 9.17) is 4.74 Å². The standard InChI is InChI=1S/C30H37N5O3/c1-5-22(3)31-29(36)25-20-24(33-30(37)32-23-12-10-21(2)11-13-23)14-15-26(25)34-16-18-35(19-17-34)27-8-6-7-9-28(27)38-4/h6-15,20,22H,5,16-19H2,1-4H3,(H,31,36)(H2,32,33,37). The monoisotopic (exact) mass is 515 g/mol. The normalized spacial score (nSPS) is 14.0. The van der Waals surface area contributed by atoms with Crippen LogP contribution < -0.4 is 30.5 Å². The van der Waals surface area contributed by atoms with Crippen LogP contribution in [0.1, 0.15) is 36.2 Å². The molecule has 1 unspecified atom stereocenters. The minimum atomic E-state index is -0.361. The van der Waals surface area contributed by atoms with Crippen LogP contribution in [-0.4, -0.2) is 51.3 Å². The largest absolute Gasteiger partial charge is 0.495 e. The number of nitrogens with one attached hydrogen (secondary N) is 3. The van der Waals surface area contributed by atoms with Crippen molar-refractivity contribution in [2.75, 3.05) is 53.7 Å². The van der Waals surface area contributed by atoms with Crippen molar-refractivity contribution in [1.29, 1.82) is 0 Å². The first kappa shape index (κ1) is 26.9. The van der Waals surface area contributed by atoms with E-state index in [1.165, 1.54) is 0 Å². The van der Waals surface area contributed by atoms with Crippen LogP contribution in [0.2, 0.25) is 0 Å². The van der Waals surface area contributed by atoms with E-state index in [1.54, 1.807) is 13.2 Å². The molecule has 3 N–H and O–H groups in total. The molecule has 38 heavy (non-hydrogen) atoms. The number of amides is 3. The van der Waals surface area contributed by atoms with E-state index < -0.39 is 0 Å². The van der Waals surface area contributed by atoms with E-state index in [-0.39, 0.29) is 18.0 Å². The molecule has 0 aliphatic carbocycles. The quantitative estimate of drug-likeness (QED) is 0.369. The average molecular weight is 516 g/mol. The number of carbonyl (C=O) groups excluding carboxylic acids is 2. The van der Waals surface area contributed by atoms with Gasteiger partial charge in [-0.3, -0.25) is 4.79 Å². The number of carbonyl (C=O) groups is 2. The number of benzene rings is 3. The lowest BCUT2D eigenvalue weighted by atomic mass is 10.1. The van der Waals surface area contributed by atoms with Gasteiger partial charge in [0.15, 0.2) is 0 Å². The topological polar surface area (TPSA) is 85.9 Å². The van der Waals surface area contributed by atoms with Crippen molar-refractivity contribution in [3.63, 3.8) is 0 Å². The summed E-state index contributed by atoms with van der Waals surface area (Å²) in [5.74, 6) is 0.706. The molecule has 4 rings (SSSR count). The average Bonchev–Trinajstić information content (AvgIpc) is 2.94. The molecule has 0 spiro atoms. The van der Waals surface area contributed by atoms with E-state index in [9.17, 15) is 9.59 Å². The zero-order valence-electron chi connectivity index (χ0n) is 22.6. The highest BCUT2D eigenvalue weighted by molar-refractivity contribution is 6.04. The Hall–Kier alpha value is -4.20. The summed E-state index contributed by atoms with van der Waals surface area (Å²) < 4.78 is 5.55. The molecule has 200 valence electrons. The van der Waals surface area contributed by atoms with Crippen molar-refractivity contribution in [1.82, 2.24) is 5.32 Å². The number of aryl methyl sites for hydroxylation is 1. The second kappa shape index (κ2) is 12.4. The summed E-state index contributed by atoms with van der Waals surface area (Å²) in [7, 11) is 1.69. The summed E-state index contributed by atoms with van der Waals surface area (Å²) in [6, 6.07) is 20.8. The van der Waals surface area contributed by atoms with E-state index in [0.717, 1.165) is 55.3 Å². The number of urea groups is 1. The molecule has 1 fully saturated rings. The van der Waals surface area contributed by atoms with Crippen molar-refractivity contribution in [3.05, 3.63) is 77.9 Å². The highest BCUT2D eigenvalue weighted by Crippen LogP contribution is 2.31. The predicted octanol–water partition coefficient (Wildman–Crippen LogP) is 5.50. The molecule has 3 amide bonds. The van der Waals surface area contributed by atoms with E-state index >= 15 is 0 Å². The number of hydrogen-bond acceptors (Lipinski definition) is 5. The second-order valence-electron chi connectivity index (χ2n) is 9.61. The summed E-state index contributed by atoms with van der Waals surface area (Å²) >= 11 is 0. The van der Waals surface area contributed by atoms with Gasteiger partial charge in [0.1, 0.15) is 5.75 Å². The molecule has 0 aromatic heterocycles. The fourth-order valence-corrected chi connectivity index (χ4v) is 4.48. The number of anilines is 4. The molecule has 0 bridgehead atoms. The fourth-order valence-electron chi connectivity index (χ4n) is 4.48. The van der Waals surface area contributed by atoms with Gasteiger partial charge in [-0.25, -0.2) is 4.79 Å². The Morgan fingerprint density at radius 1 is 0.868 bits per heavy atom. The van der Waals surface area contributed by atoms with Crippen LogP contribution in [0.3, 0.4) is 0 Å². The van der Waals surface area contributed by atoms with Crippen LogP contribution in [0.15, 0.2) is 66.7 Å². The Kier molecular flexibility index (Phi) is 8.73. The van der Waals surface area contributed by atoms with Crippen molar-refractivity contribution < 1.29 is 14.3 Å². The highest BCUT2D eigenvalue weighted by atomic mass is 16.5. The molecule has 1 atom stereocenters. The third-order valence-electron chi connectivity index (χ3n) is 6.84. The molecule has 8 heteroatoms. The van der Waals surface area contributed by atoms with E-state index in [0.29, 0.717) is 16.9 Å². The highest BCUT2D eigenvalue weighted by Gasteiger charge is 2.24. The molecular formula is C30H37N5O3. The molecule has 3 aromatic carbocycles. The number of methoxy groups -OCH3 is 1. The van der Waals surface area contributed by atoms with Gasteiger partial charge in [0.2, 0.25) is 0 Å². The van der Waals surface area contributed by atoms with Crippen LogP contribution in [0.4, 0.5) is 27.5 Å². The second-order valence-corrected chi connectivity index (χ2v) is 9.61. The Morgan fingerprint density at radius 2 is 1.47 bits per heavy atom. The van der Waals surface area contributed by atoms with Gasteiger partial charge in [0, 0.05) is 49.3 Å². The number of hydrogen-bond donors (Lipinski definition) is 3. The molecule has 1 heterocycles. The van der Waals surface area contributed by atoms with Crippen LogP contribution in [0, 0.1) is 6.92 Å². The number of nitrogens with zero attached hydrogens (tertiary/aromatic N) is 2. The van der Waals surface area contributed by atoms with Gasteiger partial charge in [-0.2, -0.15) is 0 Å². The van der Waals surface area contributed by atoms with Gasteiger partial charge in [-0.15, -0.1) is 0 Å². The maximum absolute atomic E-state index is 13.3. The van der Waals surface area contributed by atoms with Crippen molar-refractivity contribution in [3.8, 4) is 5.75 Å². The molecule has 1 saturated heterocycles. The maximum atomic E-state index is 13.3. The summed E-state index contributed by atoms with van der Waals surface area (Å²) in [6.07, 6.45) is 0.829. The van der Waals surface area contributed by atoms with Gasteiger partial charge >= 0.3 is 6.03 Å². The molecule has 3 aromatic rings. The van der Waals surface area contributed by atoms with E-state index in [2.05, 4.69) is 31.8 Å². The van der Waals surface area contributed by atoms with Crippen LogP contribution in [0.25, 0.3) is 0 Å². The third kappa shape index (κ3) is 6.56. The lowest BCUT2D eigenvalue weighted by molar-refractivity contribution is 0.0939. The molecule has 1 aliphatic heterocycles. The first-order valence-corrected chi connectivity index (χ1v) is 13.1. The molecule has 0 radical (unpaired) electrons. The minimum Gasteiger partial charge on any atom is -0.495 e. The SMILES string of the molecule is CCC(C)NC(=O)c1cc(NC(=O)Nc2ccc(C)cc2)ccc1N1CCN(c2ccccc2OC)CC1. The van der Waals surface area contributed by atoms with Crippen molar-refractivity contribution in [2.45, 2.75) is 33.2 Å². The van der Waals surface area contributed by atoms with Crippen LogP contribution in [0.5, 0.6) is 5.75 Å². The fraction of sp³-hybridized carbons (Fsp3) is 0.333. The Morgan fingerprint density at radius 3 is 2.13 bits per heavy atom. The van der Waals surface area contributed by atoms with Gasteiger partial charge in [-0.05, 0) is 62.7 Å². The molecule has 0 saturated carbocycles. The van der Waals surface area contributed by atoms with Gasteiger partial charge < -0.3 is 30.5 Å². The number of ether oxygens (including phenoxy) is 1. The molecule has 8 nitrogen and oxygen atoms in total. The number of piperazine rings is 1. The smallest absolute Gasteiger partial charge is 0.323 e. The van der Waals surface area contributed by atoms with E-state index in [1.807, 2.05) is 75.4 Å². The number of rotatable bonds is 8. The summed E-state index contributed by atoms with van der Waals surface area (Å²) in [5, 5.41) is 8.79. The lowest BCUT2D eigenvalue weighted by Crippen LogP contribution is -2.47. The lowest BCUT2D eigenvalue weighted by Gasteiger charge is -2.38. The Bertz CT molecular complexity index is 1250. The summed E-state index contributed by atoms with van der Waals surface area (Å²) in [5.41, 5.74) is 4.85. The first-order chi connectivity index (χ1) is 18.4. The zero-order valence-corrected chi connectivity index (χ0v) is 22.6. The molecule has 1 aliphatic rings. The van der Waals surface area contributed by atoms with Crippen LogP contribution in [-0.2, 0) is 0 Å².